The van der Waals surface area contributed by atoms with Crippen LogP contribution in [-0.4, -0.2) is 45.2 Å². The Morgan fingerprint density at radius 2 is 1.82 bits per heavy atom. The molecule has 0 amide bonds. The van der Waals surface area contributed by atoms with Crippen LogP contribution in [0.1, 0.15) is 32.6 Å². The monoisotopic (exact) mass is 345 g/mol. The molecule has 1 aliphatic heterocycles. The number of unbranched alkanes of at least 4 members (excludes halogenated alkanes) is 1. The molecule has 1 fully saturated rings. The summed E-state index contributed by atoms with van der Waals surface area (Å²) in [5.41, 5.74) is 0. The molecule has 2 rings (SSSR count). The zero-order chi connectivity index (χ0) is 16.2. The van der Waals surface area contributed by atoms with Crippen LogP contribution in [-0.2, 0) is 19.9 Å². The largest absolute Gasteiger partial charge is 0.224 e. The van der Waals surface area contributed by atoms with Gasteiger partial charge < -0.3 is 0 Å². The van der Waals surface area contributed by atoms with Crippen molar-refractivity contribution in [3.8, 4) is 0 Å². The van der Waals surface area contributed by atoms with Gasteiger partial charge in [-0.05, 0) is 31.4 Å². The molecule has 0 bridgehead atoms. The molecule has 0 saturated carbocycles. The van der Waals surface area contributed by atoms with Crippen molar-refractivity contribution in [3.63, 3.8) is 0 Å². The maximum Gasteiger partial charge on any atom is 0.214 e. The van der Waals surface area contributed by atoms with Gasteiger partial charge >= 0.3 is 0 Å². The molecule has 0 N–H and O–H groups in total. The van der Waals surface area contributed by atoms with Crippen LogP contribution in [0.25, 0.3) is 0 Å². The SMILES string of the molecule is CCCCS(=O)(=O)N1CCCC1CS(=O)(=O)c1ccccc1. The van der Waals surface area contributed by atoms with E-state index in [0.29, 0.717) is 19.4 Å². The van der Waals surface area contributed by atoms with E-state index in [9.17, 15) is 16.8 Å². The highest BCUT2D eigenvalue weighted by atomic mass is 32.2. The van der Waals surface area contributed by atoms with Crippen LogP contribution in [0, 0.1) is 0 Å². The second-order valence-corrected chi connectivity index (χ2v) is 9.75. The number of nitrogens with zero attached hydrogens (tertiary/aromatic N) is 1. The normalized spacial score (nSPS) is 20.3. The summed E-state index contributed by atoms with van der Waals surface area (Å²) < 4.78 is 51.0. The van der Waals surface area contributed by atoms with Crippen molar-refractivity contribution in [2.75, 3.05) is 18.1 Å². The Morgan fingerprint density at radius 3 is 2.45 bits per heavy atom. The van der Waals surface area contributed by atoms with Crippen molar-refractivity contribution in [2.45, 2.75) is 43.5 Å². The fourth-order valence-corrected chi connectivity index (χ4v) is 6.40. The van der Waals surface area contributed by atoms with Crippen LogP contribution < -0.4 is 0 Å². The Kier molecular flexibility index (Phi) is 5.63. The first-order valence-corrected chi connectivity index (χ1v) is 10.9. The molecule has 7 heteroatoms. The maximum atomic E-state index is 12.5. The number of sulfonamides is 1. The van der Waals surface area contributed by atoms with Gasteiger partial charge in [-0.3, -0.25) is 0 Å². The Balaban J connectivity index is 2.15. The number of rotatable bonds is 7. The van der Waals surface area contributed by atoms with Gasteiger partial charge in [-0.25, -0.2) is 16.8 Å². The van der Waals surface area contributed by atoms with E-state index in [0.717, 1.165) is 12.8 Å². The molecule has 0 spiro atoms. The summed E-state index contributed by atoms with van der Waals surface area (Å²) in [5.74, 6) is -0.0340. The molecule has 1 atom stereocenters. The van der Waals surface area contributed by atoms with Gasteiger partial charge in [0.15, 0.2) is 9.84 Å². The van der Waals surface area contributed by atoms with Crippen LogP contribution in [0.5, 0.6) is 0 Å². The van der Waals surface area contributed by atoms with Crippen LogP contribution in [0.3, 0.4) is 0 Å². The van der Waals surface area contributed by atoms with E-state index in [4.69, 9.17) is 0 Å². The summed E-state index contributed by atoms with van der Waals surface area (Å²) in [5, 5.41) is 0. The average Bonchev–Trinajstić information content (AvgIpc) is 2.94. The van der Waals surface area contributed by atoms with Crippen LogP contribution in [0.15, 0.2) is 35.2 Å². The molecule has 0 radical (unpaired) electrons. The van der Waals surface area contributed by atoms with E-state index in [1.807, 2.05) is 6.92 Å². The minimum Gasteiger partial charge on any atom is -0.224 e. The molecule has 5 nitrogen and oxygen atoms in total. The lowest BCUT2D eigenvalue weighted by molar-refractivity contribution is 0.407. The Bertz CT molecular complexity index is 684. The molecular weight excluding hydrogens is 322 g/mol. The predicted octanol–water partition coefficient (Wildman–Crippen LogP) is 2.05. The third-order valence-corrected chi connectivity index (χ3v) is 7.76. The third kappa shape index (κ3) is 4.08. The van der Waals surface area contributed by atoms with Crippen molar-refractivity contribution in [3.05, 3.63) is 30.3 Å². The van der Waals surface area contributed by atoms with Gasteiger partial charge in [0.25, 0.3) is 0 Å². The average molecular weight is 345 g/mol. The molecule has 22 heavy (non-hydrogen) atoms. The van der Waals surface area contributed by atoms with Gasteiger partial charge in [0.05, 0.1) is 16.4 Å². The van der Waals surface area contributed by atoms with Crippen LogP contribution >= 0.6 is 0 Å². The third-order valence-electron chi connectivity index (χ3n) is 3.95. The minimum atomic E-state index is -3.46. The standard InChI is InChI=1S/C15H23NO4S2/c1-2-3-12-22(19,20)16-11-7-8-14(16)13-21(17,18)15-9-5-4-6-10-15/h4-6,9-10,14H,2-3,7-8,11-13H2,1H3. The molecule has 0 aromatic heterocycles. The summed E-state index contributed by atoms with van der Waals surface area (Å²) in [4.78, 5) is 0.257. The first kappa shape index (κ1) is 17.4. The van der Waals surface area contributed by atoms with Crippen molar-refractivity contribution in [1.29, 1.82) is 0 Å². The molecule has 1 aliphatic rings. The molecule has 1 unspecified atom stereocenters. The summed E-state index contributed by atoms with van der Waals surface area (Å²) >= 11 is 0. The van der Waals surface area contributed by atoms with E-state index in [1.165, 1.54) is 4.31 Å². The van der Waals surface area contributed by atoms with Gasteiger partial charge in [-0.2, -0.15) is 4.31 Å². The van der Waals surface area contributed by atoms with E-state index >= 15 is 0 Å². The Hall–Kier alpha value is -0.920. The fourth-order valence-electron chi connectivity index (χ4n) is 2.76. The summed E-state index contributed by atoms with van der Waals surface area (Å²) in [7, 11) is -6.82. The summed E-state index contributed by atoms with van der Waals surface area (Å²) in [6.07, 6.45) is 2.74. The topological polar surface area (TPSA) is 71.5 Å². The lowest BCUT2D eigenvalue weighted by Gasteiger charge is -2.24. The Labute approximate surface area is 133 Å². The highest BCUT2D eigenvalue weighted by Crippen LogP contribution is 2.25. The van der Waals surface area contributed by atoms with Crippen molar-refractivity contribution in [1.82, 2.24) is 4.31 Å². The quantitative estimate of drug-likeness (QED) is 0.758. The lowest BCUT2D eigenvalue weighted by Crippen LogP contribution is -2.40. The molecule has 0 aliphatic carbocycles. The Morgan fingerprint density at radius 1 is 1.14 bits per heavy atom. The van der Waals surface area contributed by atoms with E-state index in [2.05, 4.69) is 0 Å². The van der Waals surface area contributed by atoms with Crippen LogP contribution in [0.4, 0.5) is 0 Å². The van der Waals surface area contributed by atoms with Gasteiger partial charge in [0.2, 0.25) is 10.0 Å². The smallest absolute Gasteiger partial charge is 0.214 e. The van der Waals surface area contributed by atoms with Gasteiger partial charge in [0.1, 0.15) is 0 Å². The molecule has 1 aromatic carbocycles. The minimum absolute atomic E-state index is 0.103. The lowest BCUT2D eigenvalue weighted by atomic mass is 10.3. The van der Waals surface area contributed by atoms with Gasteiger partial charge in [-0.15, -0.1) is 0 Å². The zero-order valence-electron chi connectivity index (χ0n) is 12.8. The number of sulfone groups is 1. The van der Waals surface area contributed by atoms with E-state index < -0.39 is 25.9 Å². The molecular formula is C15H23NO4S2. The van der Waals surface area contributed by atoms with Crippen LogP contribution in [0.2, 0.25) is 0 Å². The van der Waals surface area contributed by atoms with Gasteiger partial charge in [-0.1, -0.05) is 31.5 Å². The highest BCUT2D eigenvalue weighted by Gasteiger charge is 2.36. The van der Waals surface area contributed by atoms with E-state index in [-0.39, 0.29) is 16.4 Å². The number of hydrogen-bond donors (Lipinski definition) is 0. The van der Waals surface area contributed by atoms with Gasteiger partial charge in [0, 0.05) is 12.6 Å². The number of benzene rings is 1. The highest BCUT2D eigenvalue weighted by molar-refractivity contribution is 7.91. The second-order valence-electron chi connectivity index (χ2n) is 5.67. The molecule has 1 heterocycles. The van der Waals surface area contributed by atoms with Crippen molar-refractivity contribution >= 4 is 19.9 Å². The zero-order valence-corrected chi connectivity index (χ0v) is 14.4. The first-order valence-electron chi connectivity index (χ1n) is 7.64. The molecule has 1 aromatic rings. The van der Waals surface area contributed by atoms with E-state index in [1.54, 1.807) is 30.3 Å². The fraction of sp³-hybridized carbons (Fsp3) is 0.600. The summed E-state index contributed by atoms with van der Waals surface area (Å²) in [6, 6.07) is 7.79. The number of hydrogen-bond acceptors (Lipinski definition) is 4. The predicted molar refractivity (Wildman–Crippen MR) is 86.9 cm³/mol. The van der Waals surface area contributed by atoms with Crippen molar-refractivity contribution in [2.24, 2.45) is 0 Å². The molecule has 124 valence electrons. The maximum absolute atomic E-state index is 12.5. The summed E-state index contributed by atoms with van der Waals surface area (Å²) in [6.45, 7) is 2.37. The molecule has 1 saturated heterocycles. The van der Waals surface area contributed by atoms with Crippen molar-refractivity contribution < 1.29 is 16.8 Å². The second kappa shape index (κ2) is 7.10. The first-order chi connectivity index (χ1) is 10.4.